The summed E-state index contributed by atoms with van der Waals surface area (Å²) < 4.78 is 53.2. The fourth-order valence-corrected chi connectivity index (χ4v) is 3.76. The summed E-state index contributed by atoms with van der Waals surface area (Å²) in [7, 11) is 1.39. The Labute approximate surface area is 185 Å². The molecule has 2 aromatic rings. The molecule has 1 aliphatic heterocycles. The lowest BCUT2D eigenvalue weighted by Crippen LogP contribution is -2.47. The first-order valence-corrected chi connectivity index (χ1v) is 9.71. The number of nitrogens with zero attached hydrogens (tertiary/aromatic N) is 1. The molecular formula is C21H19ClF3NO6. The number of carboxylic acid groups (broad SMARTS) is 1. The minimum atomic E-state index is -5.14. The van der Waals surface area contributed by atoms with Gasteiger partial charge in [-0.15, -0.1) is 0 Å². The zero-order chi connectivity index (χ0) is 23.8. The van der Waals surface area contributed by atoms with Gasteiger partial charge in [-0.25, -0.2) is 4.79 Å². The first-order valence-electron chi connectivity index (χ1n) is 9.33. The van der Waals surface area contributed by atoms with E-state index in [1.165, 1.54) is 25.2 Å². The molecule has 2 atom stereocenters. The first kappa shape index (κ1) is 23.7. The summed E-state index contributed by atoms with van der Waals surface area (Å²) in [6.07, 6.45) is -5.14. The molecule has 1 aliphatic rings. The summed E-state index contributed by atoms with van der Waals surface area (Å²) in [4.78, 5) is 23.8. The van der Waals surface area contributed by atoms with Gasteiger partial charge in [0.05, 0.1) is 5.69 Å². The number of amides is 1. The van der Waals surface area contributed by atoms with Crippen LogP contribution < -0.4 is 14.4 Å². The summed E-state index contributed by atoms with van der Waals surface area (Å²) in [5.74, 6) is -3.17. The maximum atomic E-state index is 14.3. The number of anilines is 1. The molecule has 11 heteroatoms. The Balaban J connectivity index is 2.10. The maximum absolute atomic E-state index is 14.3. The van der Waals surface area contributed by atoms with Crippen molar-refractivity contribution in [3.63, 3.8) is 0 Å². The molecule has 0 bridgehead atoms. The van der Waals surface area contributed by atoms with Crippen molar-refractivity contribution in [2.24, 2.45) is 0 Å². The van der Waals surface area contributed by atoms with Crippen molar-refractivity contribution in [1.29, 1.82) is 0 Å². The molecular weight excluding hydrogens is 455 g/mol. The highest BCUT2D eigenvalue weighted by Gasteiger charge is 2.59. The van der Waals surface area contributed by atoms with E-state index in [9.17, 15) is 27.9 Å². The van der Waals surface area contributed by atoms with E-state index in [4.69, 9.17) is 26.2 Å². The molecule has 7 nitrogen and oxygen atoms in total. The van der Waals surface area contributed by atoms with Crippen LogP contribution in [0.3, 0.4) is 0 Å². The van der Waals surface area contributed by atoms with Crippen molar-refractivity contribution in [3.05, 3.63) is 52.5 Å². The number of carbonyl (C=O) groups is 2. The largest absolute Gasteiger partial charge is 0.482 e. The van der Waals surface area contributed by atoms with Gasteiger partial charge in [-0.1, -0.05) is 24.6 Å². The molecule has 0 saturated heterocycles. The average Bonchev–Trinajstić information content (AvgIpc) is 2.73. The minimum absolute atomic E-state index is 0.0210. The maximum Gasteiger partial charge on any atom is 0.422 e. The van der Waals surface area contributed by atoms with Gasteiger partial charge in [0.1, 0.15) is 11.5 Å². The van der Waals surface area contributed by atoms with Crippen molar-refractivity contribution < 1.29 is 42.4 Å². The summed E-state index contributed by atoms with van der Waals surface area (Å²) in [6.45, 7) is 0.187. The lowest BCUT2D eigenvalue weighted by molar-refractivity contribution is -0.274. The van der Waals surface area contributed by atoms with E-state index < -0.39 is 41.7 Å². The van der Waals surface area contributed by atoms with Gasteiger partial charge in [-0.05, 0) is 41.5 Å². The Hall–Kier alpha value is -2.98. The normalized spacial score (nSPS) is 16.6. The SMILES string of the molecule is C[C@@H](c1cc(OCC(=O)O)ccc1Cl)[C@](O)(c1ccc2c(c1)N(C)C(=O)CO2)C(F)(F)F. The number of hydrogen-bond donors (Lipinski definition) is 2. The van der Waals surface area contributed by atoms with Gasteiger partial charge in [-0.2, -0.15) is 13.2 Å². The summed E-state index contributed by atoms with van der Waals surface area (Å²) in [6, 6.07) is 7.11. The Morgan fingerprint density at radius 3 is 2.59 bits per heavy atom. The number of alkyl halides is 3. The minimum Gasteiger partial charge on any atom is -0.482 e. The average molecular weight is 474 g/mol. The number of rotatable bonds is 6. The third-order valence-electron chi connectivity index (χ3n) is 5.34. The van der Waals surface area contributed by atoms with Crippen molar-refractivity contribution in [2.75, 3.05) is 25.2 Å². The highest BCUT2D eigenvalue weighted by molar-refractivity contribution is 6.31. The Morgan fingerprint density at radius 2 is 1.97 bits per heavy atom. The Kier molecular flexibility index (Phi) is 6.30. The monoisotopic (exact) mass is 473 g/mol. The van der Waals surface area contributed by atoms with Crippen molar-refractivity contribution in [3.8, 4) is 11.5 Å². The molecule has 3 rings (SSSR count). The third kappa shape index (κ3) is 4.20. The molecule has 32 heavy (non-hydrogen) atoms. The Morgan fingerprint density at radius 1 is 1.28 bits per heavy atom. The van der Waals surface area contributed by atoms with Gasteiger partial charge in [0, 0.05) is 18.0 Å². The number of fused-ring (bicyclic) bond motifs is 1. The first-order chi connectivity index (χ1) is 14.9. The molecule has 0 aromatic heterocycles. The molecule has 172 valence electrons. The van der Waals surface area contributed by atoms with E-state index in [2.05, 4.69) is 0 Å². The van der Waals surface area contributed by atoms with Gasteiger partial charge in [0.2, 0.25) is 0 Å². The number of halogens is 4. The Bertz CT molecular complexity index is 1060. The second-order valence-electron chi connectivity index (χ2n) is 7.28. The van der Waals surface area contributed by atoms with E-state index in [0.29, 0.717) is 0 Å². The summed E-state index contributed by atoms with van der Waals surface area (Å²) >= 11 is 6.13. The van der Waals surface area contributed by atoms with E-state index in [1.807, 2.05) is 0 Å². The summed E-state index contributed by atoms with van der Waals surface area (Å²) in [5.41, 5.74) is -3.95. The fourth-order valence-electron chi connectivity index (χ4n) is 3.48. The number of ether oxygens (including phenoxy) is 2. The number of benzene rings is 2. The van der Waals surface area contributed by atoms with Crippen LogP contribution in [0.1, 0.15) is 24.0 Å². The number of aliphatic carboxylic acids is 1. The van der Waals surface area contributed by atoms with Gasteiger partial charge in [-0.3, -0.25) is 4.79 Å². The van der Waals surface area contributed by atoms with Crippen LogP contribution >= 0.6 is 11.6 Å². The van der Waals surface area contributed by atoms with E-state index in [-0.39, 0.29) is 34.4 Å². The lowest BCUT2D eigenvalue weighted by Gasteiger charge is -2.38. The van der Waals surface area contributed by atoms with Crippen LogP contribution in [0.4, 0.5) is 18.9 Å². The number of carboxylic acids is 1. The highest BCUT2D eigenvalue weighted by atomic mass is 35.5. The lowest BCUT2D eigenvalue weighted by atomic mass is 9.77. The van der Waals surface area contributed by atoms with E-state index in [0.717, 1.165) is 30.0 Å². The molecule has 2 N–H and O–H groups in total. The molecule has 2 aromatic carbocycles. The number of carbonyl (C=O) groups excluding carboxylic acids is 1. The second-order valence-corrected chi connectivity index (χ2v) is 7.68. The predicted octanol–water partition coefficient (Wildman–Crippen LogP) is 3.71. The fraction of sp³-hybridized carbons (Fsp3) is 0.333. The molecule has 0 fully saturated rings. The van der Waals surface area contributed by atoms with Crippen LogP contribution in [-0.4, -0.2) is 48.5 Å². The van der Waals surface area contributed by atoms with Crippen LogP contribution in [-0.2, 0) is 15.2 Å². The zero-order valence-corrected chi connectivity index (χ0v) is 17.7. The molecule has 1 heterocycles. The van der Waals surface area contributed by atoms with Crippen LogP contribution in [0.5, 0.6) is 11.5 Å². The van der Waals surface area contributed by atoms with Gasteiger partial charge < -0.3 is 24.6 Å². The third-order valence-corrected chi connectivity index (χ3v) is 5.68. The van der Waals surface area contributed by atoms with Crippen LogP contribution in [0.15, 0.2) is 36.4 Å². The second kappa shape index (κ2) is 8.51. The highest BCUT2D eigenvalue weighted by Crippen LogP contribution is 2.51. The number of aliphatic hydroxyl groups is 1. The topological polar surface area (TPSA) is 96.3 Å². The molecule has 0 radical (unpaired) electrons. The smallest absolute Gasteiger partial charge is 0.422 e. The predicted molar refractivity (Wildman–Crippen MR) is 108 cm³/mol. The molecule has 0 unspecified atom stereocenters. The number of likely N-dealkylation sites (N-methyl/N-ethyl adjacent to an activating group) is 1. The van der Waals surface area contributed by atoms with Gasteiger partial charge in [0.25, 0.3) is 5.91 Å². The van der Waals surface area contributed by atoms with E-state index in [1.54, 1.807) is 0 Å². The molecule has 0 aliphatic carbocycles. The van der Waals surface area contributed by atoms with Gasteiger partial charge in [0.15, 0.2) is 18.8 Å². The summed E-state index contributed by atoms with van der Waals surface area (Å²) in [5, 5.41) is 19.7. The van der Waals surface area contributed by atoms with Crippen LogP contribution in [0.2, 0.25) is 5.02 Å². The molecule has 0 spiro atoms. The molecule has 1 amide bonds. The van der Waals surface area contributed by atoms with Crippen LogP contribution in [0.25, 0.3) is 0 Å². The number of hydrogen-bond acceptors (Lipinski definition) is 5. The molecule has 0 saturated carbocycles. The van der Waals surface area contributed by atoms with Crippen molar-refractivity contribution in [1.82, 2.24) is 0 Å². The van der Waals surface area contributed by atoms with E-state index >= 15 is 0 Å². The quantitative estimate of drug-likeness (QED) is 0.664. The van der Waals surface area contributed by atoms with Crippen LogP contribution in [0, 0.1) is 0 Å². The standard InChI is InChI=1S/C21H19ClF3NO6/c1-11(14-8-13(4-5-15(14)22)31-10-19(28)29)20(30,21(23,24)25)12-3-6-17-16(7-12)26(2)18(27)9-32-17/h3-8,11,30H,9-10H2,1-2H3,(H,28,29)/t11-,20-/m0/s1. The van der Waals surface area contributed by atoms with Crippen molar-refractivity contribution in [2.45, 2.75) is 24.6 Å². The van der Waals surface area contributed by atoms with Crippen molar-refractivity contribution >= 4 is 29.2 Å². The zero-order valence-electron chi connectivity index (χ0n) is 16.9. The van der Waals surface area contributed by atoms with Gasteiger partial charge >= 0.3 is 12.1 Å².